The molecule has 0 bridgehead atoms. The summed E-state index contributed by atoms with van der Waals surface area (Å²) in [6.07, 6.45) is -0.697. The lowest BCUT2D eigenvalue weighted by molar-refractivity contribution is 0.101. The zero-order valence-corrected chi connectivity index (χ0v) is 18.3. The van der Waals surface area contributed by atoms with Crippen LogP contribution in [0.1, 0.15) is 22.8 Å². The van der Waals surface area contributed by atoms with Gasteiger partial charge in [0.05, 0.1) is 13.2 Å². The number of aromatic nitrogens is 2. The topological polar surface area (TPSA) is 93.6 Å². The maximum atomic E-state index is 11.5. The number of aliphatic hydroxyl groups is 1. The molecule has 0 unspecified atom stereocenters. The van der Waals surface area contributed by atoms with Crippen molar-refractivity contribution in [3.63, 3.8) is 0 Å². The Morgan fingerprint density at radius 2 is 2.00 bits per heavy atom. The van der Waals surface area contributed by atoms with Gasteiger partial charge in [-0.2, -0.15) is 0 Å². The summed E-state index contributed by atoms with van der Waals surface area (Å²) in [7, 11) is 1.51. The molecular formula is C21H23N3O4S2. The molecule has 0 aliphatic carbocycles. The highest BCUT2D eigenvalue weighted by molar-refractivity contribution is 8.01. The summed E-state index contributed by atoms with van der Waals surface area (Å²) in [4.78, 5) is 11.5. The van der Waals surface area contributed by atoms with Crippen LogP contribution in [0.4, 0.5) is 5.13 Å². The Labute approximate surface area is 183 Å². The van der Waals surface area contributed by atoms with E-state index in [0.29, 0.717) is 29.4 Å². The highest BCUT2D eigenvalue weighted by atomic mass is 32.2. The molecule has 0 spiro atoms. The van der Waals surface area contributed by atoms with Gasteiger partial charge in [0.1, 0.15) is 6.61 Å². The molecule has 0 fully saturated rings. The first-order valence-electron chi connectivity index (χ1n) is 9.29. The predicted molar refractivity (Wildman–Crippen MR) is 119 cm³/mol. The molecule has 2 N–H and O–H groups in total. The summed E-state index contributed by atoms with van der Waals surface area (Å²) in [6.45, 7) is 2.27. The zero-order chi connectivity index (χ0) is 21.3. The van der Waals surface area contributed by atoms with Crippen LogP contribution in [-0.4, -0.2) is 46.7 Å². The van der Waals surface area contributed by atoms with Crippen LogP contribution in [0.3, 0.4) is 0 Å². The molecule has 7 nitrogen and oxygen atoms in total. The Morgan fingerprint density at radius 1 is 1.20 bits per heavy atom. The molecule has 1 aromatic heterocycles. The fraction of sp³-hybridized carbons (Fsp3) is 0.286. The number of hydrogen-bond donors (Lipinski definition) is 2. The first kappa shape index (κ1) is 22.1. The van der Waals surface area contributed by atoms with Crippen molar-refractivity contribution < 1.29 is 19.4 Å². The van der Waals surface area contributed by atoms with Crippen LogP contribution in [0.5, 0.6) is 11.5 Å². The second-order valence-corrected chi connectivity index (χ2v) is 8.65. The lowest BCUT2D eigenvalue weighted by Gasteiger charge is -2.14. The molecule has 0 saturated carbocycles. The Bertz CT molecular complexity index is 966. The van der Waals surface area contributed by atoms with Gasteiger partial charge in [-0.25, -0.2) is 0 Å². The quantitative estimate of drug-likeness (QED) is 0.339. The van der Waals surface area contributed by atoms with E-state index >= 15 is 0 Å². The molecular weight excluding hydrogens is 422 g/mol. The Morgan fingerprint density at radius 3 is 2.73 bits per heavy atom. The van der Waals surface area contributed by atoms with Gasteiger partial charge in [0, 0.05) is 17.9 Å². The van der Waals surface area contributed by atoms with E-state index in [2.05, 4.69) is 15.5 Å². The molecule has 0 aliphatic rings. The van der Waals surface area contributed by atoms with Crippen molar-refractivity contribution in [2.24, 2.45) is 0 Å². The van der Waals surface area contributed by atoms with Gasteiger partial charge in [-0.1, -0.05) is 53.4 Å². The minimum absolute atomic E-state index is 0.0500. The maximum Gasteiger partial charge on any atom is 0.206 e. The van der Waals surface area contributed by atoms with Gasteiger partial charge in [-0.15, -0.1) is 10.2 Å². The Hall–Kier alpha value is -2.62. The van der Waals surface area contributed by atoms with E-state index in [-0.39, 0.29) is 12.4 Å². The maximum absolute atomic E-state index is 11.5. The number of thioether (sulfide) groups is 1. The molecule has 158 valence electrons. The molecule has 1 heterocycles. The summed E-state index contributed by atoms with van der Waals surface area (Å²) in [5.74, 6) is 1.31. The largest absolute Gasteiger partial charge is 0.493 e. The number of carbonyl (C=O) groups is 1. The number of nitrogens with zero attached hydrogens (tertiary/aromatic N) is 2. The van der Waals surface area contributed by atoms with Gasteiger partial charge in [0.15, 0.2) is 21.6 Å². The van der Waals surface area contributed by atoms with Crippen LogP contribution < -0.4 is 14.8 Å². The zero-order valence-electron chi connectivity index (χ0n) is 16.7. The molecule has 0 amide bonds. The van der Waals surface area contributed by atoms with Crippen LogP contribution in [0.15, 0.2) is 52.9 Å². The third-order valence-corrected chi connectivity index (χ3v) is 6.25. The second-order valence-electron chi connectivity index (χ2n) is 6.41. The molecule has 3 rings (SSSR count). The van der Waals surface area contributed by atoms with Crippen molar-refractivity contribution in [1.82, 2.24) is 10.2 Å². The first-order valence-corrected chi connectivity index (χ1v) is 11.1. The molecule has 3 aromatic rings. The number of methoxy groups -OCH3 is 1. The number of ketones is 1. The van der Waals surface area contributed by atoms with Crippen molar-refractivity contribution in [1.29, 1.82) is 0 Å². The third kappa shape index (κ3) is 6.45. The van der Waals surface area contributed by atoms with Gasteiger partial charge in [-0.05, 0) is 30.7 Å². The van der Waals surface area contributed by atoms with E-state index in [9.17, 15) is 9.90 Å². The molecule has 1 atom stereocenters. The minimum Gasteiger partial charge on any atom is -0.493 e. The number of anilines is 1. The van der Waals surface area contributed by atoms with E-state index in [1.54, 1.807) is 18.2 Å². The Balaban J connectivity index is 1.44. The second kappa shape index (κ2) is 11.0. The third-order valence-electron chi connectivity index (χ3n) is 4.09. The number of carbonyl (C=O) groups excluding carboxylic acids is 1. The van der Waals surface area contributed by atoms with Crippen LogP contribution in [-0.2, 0) is 6.54 Å². The molecule has 0 aliphatic heterocycles. The number of ether oxygens (including phenoxy) is 2. The standard InChI is InChI=1S/C21H23N3O4S2/c1-14(25)16-8-9-18(19(10-16)27-2)28-12-17(26)13-29-21-24-23-20(30-21)22-11-15-6-4-3-5-7-15/h3-10,17,26H,11-13H2,1-2H3,(H,22,23)/t17-/m0/s1. The fourth-order valence-corrected chi connectivity index (χ4v) is 4.20. The number of Topliss-reactive ketones (excluding diaryl/α,β-unsaturated/α-hetero) is 1. The number of hydrogen-bond acceptors (Lipinski definition) is 9. The van der Waals surface area contributed by atoms with E-state index < -0.39 is 6.10 Å². The number of rotatable bonds is 11. The predicted octanol–water partition coefficient (Wildman–Crippen LogP) is 3.89. The van der Waals surface area contributed by atoms with Gasteiger partial charge >= 0.3 is 0 Å². The van der Waals surface area contributed by atoms with E-state index in [0.717, 1.165) is 9.47 Å². The van der Waals surface area contributed by atoms with Crippen molar-refractivity contribution in [2.45, 2.75) is 23.9 Å². The molecule has 0 saturated heterocycles. The normalized spacial score (nSPS) is 11.7. The van der Waals surface area contributed by atoms with E-state index in [1.165, 1.54) is 42.7 Å². The fourth-order valence-electron chi connectivity index (χ4n) is 2.52. The summed E-state index contributed by atoms with van der Waals surface area (Å²) in [5, 5.41) is 22.5. The average Bonchev–Trinajstić information content (AvgIpc) is 3.23. The van der Waals surface area contributed by atoms with E-state index in [1.807, 2.05) is 30.3 Å². The van der Waals surface area contributed by atoms with Crippen molar-refractivity contribution in [3.8, 4) is 11.5 Å². The summed E-state index contributed by atoms with van der Waals surface area (Å²) < 4.78 is 11.7. The first-order chi connectivity index (χ1) is 14.5. The average molecular weight is 446 g/mol. The summed E-state index contributed by atoms with van der Waals surface area (Å²) in [6, 6.07) is 15.0. The molecule has 2 aromatic carbocycles. The van der Waals surface area contributed by atoms with Crippen LogP contribution in [0.25, 0.3) is 0 Å². The molecule has 0 radical (unpaired) electrons. The lowest BCUT2D eigenvalue weighted by Crippen LogP contribution is -2.20. The number of aliphatic hydroxyl groups excluding tert-OH is 1. The van der Waals surface area contributed by atoms with Crippen LogP contribution >= 0.6 is 23.1 Å². The van der Waals surface area contributed by atoms with Gasteiger partial charge in [-0.3, -0.25) is 4.79 Å². The SMILES string of the molecule is COc1cc(C(C)=O)ccc1OC[C@H](O)CSc1nnc(NCc2ccccc2)s1. The molecule has 30 heavy (non-hydrogen) atoms. The van der Waals surface area contributed by atoms with Crippen LogP contribution in [0.2, 0.25) is 0 Å². The highest BCUT2D eigenvalue weighted by Crippen LogP contribution is 2.29. The monoisotopic (exact) mass is 445 g/mol. The van der Waals surface area contributed by atoms with Crippen molar-refractivity contribution >= 4 is 34.0 Å². The lowest BCUT2D eigenvalue weighted by atomic mass is 10.1. The summed E-state index contributed by atoms with van der Waals surface area (Å²) in [5.41, 5.74) is 1.71. The van der Waals surface area contributed by atoms with Crippen LogP contribution in [0, 0.1) is 0 Å². The highest BCUT2D eigenvalue weighted by Gasteiger charge is 2.13. The van der Waals surface area contributed by atoms with E-state index in [4.69, 9.17) is 9.47 Å². The minimum atomic E-state index is -0.697. The summed E-state index contributed by atoms with van der Waals surface area (Å²) >= 11 is 2.87. The van der Waals surface area contributed by atoms with Gasteiger partial charge < -0.3 is 19.9 Å². The Kier molecular flexibility index (Phi) is 8.06. The van der Waals surface area contributed by atoms with Gasteiger partial charge in [0.2, 0.25) is 5.13 Å². The smallest absolute Gasteiger partial charge is 0.206 e. The van der Waals surface area contributed by atoms with Gasteiger partial charge in [0.25, 0.3) is 0 Å². The van der Waals surface area contributed by atoms with Crippen molar-refractivity contribution in [2.75, 3.05) is 24.8 Å². The van der Waals surface area contributed by atoms with Crippen molar-refractivity contribution in [3.05, 3.63) is 59.7 Å². The number of nitrogens with one attached hydrogen (secondary N) is 1. The number of benzene rings is 2. The molecule has 9 heteroatoms.